The number of sulfonamides is 1. The van der Waals surface area contributed by atoms with Crippen LogP contribution >= 0.6 is 23.2 Å². The largest absolute Gasteiger partial charge is 0.352 e. The SMILES string of the molecule is CCCNC(=O)c1cc(S(=O)(=O)Nc2ccc(Cl)cc2Cl)ccc1C. The van der Waals surface area contributed by atoms with Gasteiger partial charge >= 0.3 is 0 Å². The quantitative estimate of drug-likeness (QED) is 0.760. The Labute approximate surface area is 157 Å². The molecule has 0 aliphatic rings. The molecule has 2 N–H and O–H groups in total. The summed E-state index contributed by atoms with van der Waals surface area (Å²) in [5.41, 5.74) is 1.22. The van der Waals surface area contributed by atoms with Crippen molar-refractivity contribution in [3.8, 4) is 0 Å². The molecule has 0 saturated heterocycles. The van der Waals surface area contributed by atoms with Crippen LogP contribution in [-0.2, 0) is 10.0 Å². The second-order valence-electron chi connectivity index (χ2n) is 5.46. The van der Waals surface area contributed by atoms with Crippen molar-refractivity contribution in [2.24, 2.45) is 0 Å². The summed E-state index contributed by atoms with van der Waals surface area (Å²) in [6.45, 7) is 4.21. The van der Waals surface area contributed by atoms with Gasteiger partial charge in [0.1, 0.15) is 0 Å². The lowest BCUT2D eigenvalue weighted by Crippen LogP contribution is -2.25. The molecule has 1 amide bonds. The van der Waals surface area contributed by atoms with Crippen LogP contribution in [0.3, 0.4) is 0 Å². The van der Waals surface area contributed by atoms with E-state index in [0.717, 1.165) is 6.42 Å². The fourth-order valence-electron chi connectivity index (χ4n) is 2.12. The summed E-state index contributed by atoms with van der Waals surface area (Å²) in [5, 5.41) is 3.33. The van der Waals surface area contributed by atoms with Gasteiger partial charge in [0, 0.05) is 17.1 Å². The lowest BCUT2D eigenvalue weighted by Gasteiger charge is -2.12. The molecule has 0 bridgehead atoms. The molecule has 2 rings (SSSR count). The van der Waals surface area contributed by atoms with Gasteiger partial charge in [-0.25, -0.2) is 8.42 Å². The zero-order valence-corrected chi connectivity index (χ0v) is 16.1. The molecule has 2 aromatic rings. The monoisotopic (exact) mass is 400 g/mol. The van der Waals surface area contributed by atoms with Crippen LogP contribution in [0.1, 0.15) is 29.3 Å². The Balaban J connectivity index is 2.34. The van der Waals surface area contributed by atoms with Crippen LogP contribution < -0.4 is 10.0 Å². The Morgan fingerprint density at radius 2 is 1.84 bits per heavy atom. The summed E-state index contributed by atoms with van der Waals surface area (Å²) >= 11 is 11.8. The van der Waals surface area contributed by atoms with E-state index >= 15 is 0 Å². The molecule has 25 heavy (non-hydrogen) atoms. The lowest BCUT2D eigenvalue weighted by atomic mass is 10.1. The molecule has 0 unspecified atom stereocenters. The first kappa shape index (κ1) is 19.6. The van der Waals surface area contributed by atoms with Gasteiger partial charge in [-0.2, -0.15) is 0 Å². The summed E-state index contributed by atoms with van der Waals surface area (Å²) in [6, 6.07) is 8.85. The van der Waals surface area contributed by atoms with E-state index in [1.807, 2.05) is 6.92 Å². The van der Waals surface area contributed by atoms with Crippen molar-refractivity contribution in [3.05, 3.63) is 57.6 Å². The Kier molecular flexibility index (Phi) is 6.32. The lowest BCUT2D eigenvalue weighted by molar-refractivity contribution is 0.0953. The van der Waals surface area contributed by atoms with Crippen LogP contribution in [0.5, 0.6) is 0 Å². The van der Waals surface area contributed by atoms with Crippen molar-refractivity contribution >= 4 is 44.8 Å². The predicted molar refractivity (Wildman–Crippen MR) is 101 cm³/mol. The maximum atomic E-state index is 12.6. The Bertz CT molecular complexity index is 899. The molecular formula is C17H18Cl2N2O3S. The van der Waals surface area contributed by atoms with Crippen LogP contribution in [0.4, 0.5) is 5.69 Å². The predicted octanol–water partition coefficient (Wildman–Crippen LogP) is 4.24. The number of amides is 1. The molecule has 0 saturated carbocycles. The molecule has 8 heteroatoms. The third-order valence-electron chi connectivity index (χ3n) is 3.47. The molecule has 0 heterocycles. The maximum absolute atomic E-state index is 12.6. The summed E-state index contributed by atoms with van der Waals surface area (Å²) in [6.07, 6.45) is 0.791. The Morgan fingerprint density at radius 3 is 2.48 bits per heavy atom. The van der Waals surface area contributed by atoms with Crippen molar-refractivity contribution in [2.45, 2.75) is 25.2 Å². The van der Waals surface area contributed by atoms with Crippen molar-refractivity contribution in [2.75, 3.05) is 11.3 Å². The number of hydrogen-bond donors (Lipinski definition) is 2. The third-order valence-corrected chi connectivity index (χ3v) is 5.39. The highest BCUT2D eigenvalue weighted by Crippen LogP contribution is 2.28. The first-order valence-electron chi connectivity index (χ1n) is 7.61. The maximum Gasteiger partial charge on any atom is 0.261 e. The third kappa shape index (κ3) is 4.87. The van der Waals surface area contributed by atoms with Crippen molar-refractivity contribution in [1.82, 2.24) is 5.32 Å². The van der Waals surface area contributed by atoms with E-state index in [4.69, 9.17) is 23.2 Å². The number of nitrogens with one attached hydrogen (secondary N) is 2. The van der Waals surface area contributed by atoms with E-state index in [-0.39, 0.29) is 21.5 Å². The van der Waals surface area contributed by atoms with Gasteiger partial charge in [0.25, 0.3) is 15.9 Å². The number of aryl methyl sites for hydroxylation is 1. The molecule has 0 fully saturated rings. The number of carbonyl (C=O) groups excluding carboxylic acids is 1. The minimum absolute atomic E-state index is 0.0224. The number of rotatable bonds is 6. The number of benzene rings is 2. The molecule has 0 aromatic heterocycles. The average Bonchev–Trinajstić information content (AvgIpc) is 2.55. The van der Waals surface area contributed by atoms with E-state index < -0.39 is 10.0 Å². The van der Waals surface area contributed by atoms with Crippen molar-refractivity contribution < 1.29 is 13.2 Å². The smallest absolute Gasteiger partial charge is 0.261 e. The highest BCUT2D eigenvalue weighted by atomic mass is 35.5. The van der Waals surface area contributed by atoms with Crippen LogP contribution in [0.2, 0.25) is 10.0 Å². The molecule has 0 spiro atoms. The van der Waals surface area contributed by atoms with Crippen LogP contribution in [0.15, 0.2) is 41.3 Å². The molecule has 0 aliphatic heterocycles. The number of hydrogen-bond acceptors (Lipinski definition) is 3. The van der Waals surface area contributed by atoms with E-state index in [1.54, 1.807) is 13.0 Å². The van der Waals surface area contributed by atoms with Crippen molar-refractivity contribution in [3.63, 3.8) is 0 Å². The molecule has 5 nitrogen and oxygen atoms in total. The zero-order chi connectivity index (χ0) is 18.6. The van der Waals surface area contributed by atoms with Gasteiger partial charge in [0.15, 0.2) is 0 Å². The van der Waals surface area contributed by atoms with Crippen molar-refractivity contribution in [1.29, 1.82) is 0 Å². The van der Waals surface area contributed by atoms with Gasteiger partial charge in [-0.05, 0) is 49.2 Å². The Morgan fingerprint density at radius 1 is 1.12 bits per heavy atom. The summed E-state index contributed by atoms with van der Waals surface area (Å²) in [4.78, 5) is 12.2. The van der Waals surface area contributed by atoms with Gasteiger partial charge in [0.2, 0.25) is 0 Å². The second-order valence-corrected chi connectivity index (χ2v) is 7.99. The first-order chi connectivity index (χ1) is 11.7. The standard InChI is InChI=1S/C17H18Cl2N2O3S/c1-3-8-20-17(22)14-10-13(6-4-11(14)2)25(23,24)21-16-7-5-12(18)9-15(16)19/h4-7,9-10,21H,3,8H2,1-2H3,(H,20,22). The first-order valence-corrected chi connectivity index (χ1v) is 9.85. The fourth-order valence-corrected chi connectivity index (χ4v) is 3.74. The van der Waals surface area contributed by atoms with E-state index in [9.17, 15) is 13.2 Å². The minimum atomic E-state index is -3.90. The average molecular weight is 401 g/mol. The number of carbonyl (C=O) groups is 1. The Hall–Kier alpha value is -1.76. The van der Waals surface area contributed by atoms with Crippen LogP contribution in [0, 0.1) is 6.92 Å². The molecule has 0 aliphatic carbocycles. The number of anilines is 1. The van der Waals surface area contributed by atoms with Gasteiger partial charge in [-0.3, -0.25) is 9.52 Å². The van der Waals surface area contributed by atoms with Crippen LogP contribution in [-0.4, -0.2) is 20.9 Å². The summed E-state index contributed by atoms with van der Waals surface area (Å²) < 4.78 is 27.6. The second kappa shape index (κ2) is 8.08. The van der Waals surface area contributed by atoms with Gasteiger partial charge in [0.05, 0.1) is 15.6 Å². The van der Waals surface area contributed by atoms with E-state index in [1.165, 1.54) is 30.3 Å². The van der Waals surface area contributed by atoms with E-state index in [2.05, 4.69) is 10.0 Å². The molecule has 2 aromatic carbocycles. The minimum Gasteiger partial charge on any atom is -0.352 e. The van der Waals surface area contributed by atoms with Gasteiger partial charge in [-0.1, -0.05) is 36.2 Å². The van der Waals surface area contributed by atoms with Gasteiger partial charge < -0.3 is 5.32 Å². The molecular weight excluding hydrogens is 383 g/mol. The summed E-state index contributed by atoms with van der Waals surface area (Å²) in [5.74, 6) is -0.305. The zero-order valence-electron chi connectivity index (χ0n) is 13.8. The molecule has 0 atom stereocenters. The fraction of sp³-hybridized carbons (Fsp3) is 0.235. The normalized spacial score (nSPS) is 11.2. The highest BCUT2D eigenvalue weighted by molar-refractivity contribution is 7.92. The highest BCUT2D eigenvalue weighted by Gasteiger charge is 2.19. The van der Waals surface area contributed by atoms with Crippen LogP contribution in [0.25, 0.3) is 0 Å². The molecule has 134 valence electrons. The topological polar surface area (TPSA) is 75.3 Å². The number of halogens is 2. The van der Waals surface area contributed by atoms with E-state index in [0.29, 0.717) is 22.7 Å². The summed E-state index contributed by atoms with van der Waals surface area (Å²) in [7, 11) is -3.90. The van der Waals surface area contributed by atoms with Gasteiger partial charge in [-0.15, -0.1) is 0 Å². The molecule has 0 radical (unpaired) electrons.